The molecule has 23 heteroatoms. The molecule has 3 atom stereocenters. The summed E-state index contributed by atoms with van der Waals surface area (Å²) in [5.74, 6) is -4.36. The highest BCUT2D eigenvalue weighted by Crippen LogP contribution is 2.37. The van der Waals surface area contributed by atoms with Gasteiger partial charge < -0.3 is 56.7 Å². The number of oxazole rings is 1. The van der Waals surface area contributed by atoms with Gasteiger partial charge in [-0.25, -0.2) is 14.8 Å². The molecule has 2 amide bonds. The van der Waals surface area contributed by atoms with Gasteiger partial charge in [-0.2, -0.15) is 10.5 Å². The third-order valence-corrected chi connectivity index (χ3v) is 9.30. The zero-order chi connectivity index (χ0) is 48.6. The van der Waals surface area contributed by atoms with Crippen molar-refractivity contribution < 1.29 is 57.6 Å². The molecule has 4 aromatic rings. The maximum Gasteiger partial charge on any atom is 0.328 e. The van der Waals surface area contributed by atoms with Gasteiger partial charge in [0.15, 0.2) is 0 Å². The van der Waals surface area contributed by atoms with E-state index in [2.05, 4.69) is 37.5 Å². The molecule has 0 spiro atoms. The van der Waals surface area contributed by atoms with E-state index >= 15 is 0 Å². The Labute approximate surface area is 382 Å². The normalized spacial score (nSPS) is 11.5. The van der Waals surface area contributed by atoms with Crippen molar-refractivity contribution in [2.24, 2.45) is 11.5 Å². The SMILES string of the molecule is CC.CCOc1ccc(-c2c(C#N)c(N)nc(SCc3coc(-c4ccc(Cl)cc4)n3)c2C#N)cc1.C[C@H](NC(=O)[C@@H](N)CC(=O)O)C(=O)OCCOC(=O)CNC(=O)C(N)CC(=O)O. The zero-order valence-electron chi connectivity index (χ0n) is 35.7. The predicted molar refractivity (Wildman–Crippen MR) is 236 cm³/mol. The number of esters is 2. The van der Waals surface area contributed by atoms with Gasteiger partial charge >= 0.3 is 23.9 Å². The van der Waals surface area contributed by atoms with Gasteiger partial charge in [-0.05, 0) is 55.8 Å². The number of benzene rings is 2. The number of rotatable bonds is 20. The fourth-order valence-electron chi connectivity index (χ4n) is 5.02. The largest absolute Gasteiger partial charge is 0.494 e. The maximum atomic E-state index is 11.7. The summed E-state index contributed by atoms with van der Waals surface area (Å²) in [5, 5.41) is 42.0. The van der Waals surface area contributed by atoms with Crippen LogP contribution in [0.3, 0.4) is 0 Å². The van der Waals surface area contributed by atoms with Crippen molar-refractivity contribution in [2.75, 3.05) is 32.1 Å². The molecule has 0 aliphatic heterocycles. The molecular formula is C42H48ClN9O12S. The summed E-state index contributed by atoms with van der Waals surface area (Å²) in [6.07, 6.45) is 0.345. The van der Waals surface area contributed by atoms with Gasteiger partial charge in [-0.1, -0.05) is 49.3 Å². The van der Waals surface area contributed by atoms with Crippen LogP contribution in [0, 0.1) is 22.7 Å². The van der Waals surface area contributed by atoms with Gasteiger partial charge in [0.05, 0.1) is 42.8 Å². The first-order valence-corrected chi connectivity index (χ1v) is 20.9. The highest BCUT2D eigenvalue weighted by atomic mass is 35.5. The van der Waals surface area contributed by atoms with Crippen molar-refractivity contribution in [3.05, 3.63) is 76.6 Å². The number of carbonyl (C=O) groups is 6. The van der Waals surface area contributed by atoms with Crippen molar-refractivity contribution in [2.45, 2.75) is 69.4 Å². The molecule has 0 radical (unpaired) electrons. The average molecular weight is 938 g/mol. The van der Waals surface area contributed by atoms with Gasteiger partial charge in [0.25, 0.3) is 0 Å². The van der Waals surface area contributed by atoms with Crippen molar-refractivity contribution in [3.8, 4) is 40.5 Å². The van der Waals surface area contributed by atoms with E-state index in [4.69, 9.17) is 52.9 Å². The van der Waals surface area contributed by atoms with E-state index in [-0.39, 0.29) is 30.2 Å². The van der Waals surface area contributed by atoms with Crippen LogP contribution in [-0.4, -0.2) is 100 Å². The summed E-state index contributed by atoms with van der Waals surface area (Å²) < 4.78 is 20.5. The lowest BCUT2D eigenvalue weighted by molar-refractivity contribution is -0.153. The standard InChI is InChI=1S/C25H18ClN5O2S.C15H24N4O10.C2H6/c1-2-32-19-9-5-15(6-10-19)22-20(11-27)23(29)31-25(21(22)12-28)34-14-18-13-33-24(30-18)16-3-7-17(26)8-4-16;1-7(19-14(26)9(17)5-11(22)23)15(27)29-3-2-28-12(24)6-18-13(25)8(16)4-10(20)21;1-2/h3-10,13H,2,14H2,1H3,(H2,29,31);7-9H,2-6,16-17H2,1H3,(H,18,25)(H,19,26)(H,20,21)(H,22,23);1-2H3/t;7-,8?,9-;/m.0./s1. The van der Waals surface area contributed by atoms with Crippen LogP contribution >= 0.6 is 23.4 Å². The number of nitrogens with two attached hydrogens (primary N) is 3. The van der Waals surface area contributed by atoms with E-state index in [0.717, 1.165) is 5.56 Å². The van der Waals surface area contributed by atoms with E-state index in [1.807, 2.05) is 32.9 Å². The number of hydrogen-bond acceptors (Lipinski definition) is 18. The van der Waals surface area contributed by atoms with Crippen LogP contribution in [0.2, 0.25) is 5.02 Å². The van der Waals surface area contributed by atoms with Crippen LogP contribution in [-0.2, 0) is 44.0 Å². The number of nitriles is 2. The lowest BCUT2D eigenvalue weighted by Crippen LogP contribution is -2.48. The monoisotopic (exact) mass is 937 g/mol. The average Bonchev–Trinajstić information content (AvgIpc) is 3.76. The van der Waals surface area contributed by atoms with Gasteiger partial charge in [0.1, 0.15) is 66.4 Å². The Balaban J connectivity index is 0.000000437. The Bertz CT molecular complexity index is 2350. The molecule has 0 saturated heterocycles. The lowest BCUT2D eigenvalue weighted by Gasteiger charge is -2.16. The van der Waals surface area contributed by atoms with Crippen molar-refractivity contribution >= 4 is 64.9 Å². The maximum absolute atomic E-state index is 11.7. The summed E-state index contributed by atoms with van der Waals surface area (Å²) in [5.41, 5.74) is 19.8. The Morgan fingerprint density at radius 3 is 2.00 bits per heavy atom. The molecule has 346 valence electrons. The minimum atomic E-state index is -1.33. The smallest absolute Gasteiger partial charge is 0.328 e. The Kier molecular flexibility index (Phi) is 23.0. The molecule has 10 N–H and O–H groups in total. The first-order chi connectivity index (χ1) is 31.0. The third kappa shape index (κ3) is 17.8. The molecule has 4 rings (SSSR count). The number of amides is 2. The molecular weight excluding hydrogens is 890 g/mol. The lowest BCUT2D eigenvalue weighted by atomic mass is 9.97. The molecule has 65 heavy (non-hydrogen) atoms. The highest BCUT2D eigenvalue weighted by Gasteiger charge is 2.24. The minimum absolute atomic E-state index is 0.0647. The summed E-state index contributed by atoms with van der Waals surface area (Å²) in [6, 6.07) is 14.9. The first kappa shape index (κ1) is 53.9. The highest BCUT2D eigenvalue weighted by molar-refractivity contribution is 7.98. The number of pyridine rings is 1. The van der Waals surface area contributed by atoms with E-state index in [1.165, 1.54) is 18.7 Å². The quantitative estimate of drug-likeness (QED) is 0.0379. The van der Waals surface area contributed by atoms with Gasteiger partial charge in [-0.3, -0.25) is 24.0 Å². The molecule has 21 nitrogen and oxygen atoms in total. The second-order valence-electron chi connectivity index (χ2n) is 12.8. The molecule has 2 aromatic heterocycles. The molecule has 2 aromatic carbocycles. The van der Waals surface area contributed by atoms with E-state index in [1.54, 1.807) is 42.7 Å². The number of nitrogen functional groups attached to an aromatic ring is 1. The molecule has 0 bridgehead atoms. The Morgan fingerprint density at radius 2 is 1.43 bits per heavy atom. The van der Waals surface area contributed by atoms with Gasteiger partial charge in [0, 0.05) is 21.9 Å². The number of halogens is 1. The van der Waals surface area contributed by atoms with E-state index in [9.17, 15) is 39.3 Å². The Hall–Kier alpha value is -7.24. The van der Waals surface area contributed by atoms with Crippen LogP contribution in [0.1, 0.15) is 57.4 Å². The van der Waals surface area contributed by atoms with Crippen molar-refractivity contribution in [1.82, 2.24) is 20.6 Å². The van der Waals surface area contributed by atoms with Gasteiger partial charge in [0.2, 0.25) is 17.7 Å². The molecule has 0 saturated carbocycles. The van der Waals surface area contributed by atoms with Crippen molar-refractivity contribution in [3.63, 3.8) is 0 Å². The number of hydrogen-bond donors (Lipinski definition) is 7. The molecule has 2 heterocycles. The topological polar surface area (TPSA) is 359 Å². The fraction of sp³-hybridized carbons (Fsp3) is 0.333. The van der Waals surface area contributed by atoms with Crippen molar-refractivity contribution in [1.29, 1.82) is 10.5 Å². The fourth-order valence-corrected chi connectivity index (χ4v) is 6.02. The summed E-state index contributed by atoms with van der Waals surface area (Å²) in [6.45, 7) is 6.47. The number of carbonyl (C=O) groups excluding carboxylic acids is 4. The minimum Gasteiger partial charge on any atom is -0.494 e. The van der Waals surface area contributed by atoms with E-state index in [0.29, 0.717) is 50.9 Å². The summed E-state index contributed by atoms with van der Waals surface area (Å²) in [7, 11) is 0. The number of carboxylic acids is 2. The Morgan fingerprint density at radius 1 is 0.862 bits per heavy atom. The number of thioether (sulfide) groups is 1. The van der Waals surface area contributed by atoms with Crippen LogP contribution in [0.15, 0.2) is 64.2 Å². The number of nitrogens with one attached hydrogen (secondary N) is 2. The van der Waals surface area contributed by atoms with E-state index < -0.39 is 73.2 Å². The van der Waals surface area contributed by atoms with Crippen LogP contribution in [0.5, 0.6) is 5.75 Å². The van der Waals surface area contributed by atoms with Gasteiger partial charge in [-0.15, -0.1) is 0 Å². The summed E-state index contributed by atoms with van der Waals surface area (Å²) >= 11 is 7.24. The number of carboxylic acid groups (broad SMARTS) is 2. The zero-order valence-corrected chi connectivity index (χ0v) is 37.2. The summed E-state index contributed by atoms with van der Waals surface area (Å²) in [4.78, 5) is 75.9. The number of aromatic nitrogens is 2. The van der Waals surface area contributed by atoms with Crippen LogP contribution in [0.4, 0.5) is 5.82 Å². The molecule has 1 unspecified atom stereocenters. The number of ether oxygens (including phenoxy) is 3. The van der Waals surface area contributed by atoms with Crippen LogP contribution < -0.4 is 32.6 Å². The third-order valence-electron chi connectivity index (χ3n) is 8.04. The number of aliphatic carboxylic acids is 2. The predicted octanol–water partition coefficient (Wildman–Crippen LogP) is 3.40. The number of anilines is 1. The second kappa shape index (κ2) is 27.7. The molecule has 0 aliphatic carbocycles. The second-order valence-corrected chi connectivity index (χ2v) is 14.2. The first-order valence-electron chi connectivity index (χ1n) is 19.5. The molecule has 0 aliphatic rings. The van der Waals surface area contributed by atoms with Crippen LogP contribution in [0.25, 0.3) is 22.6 Å². The molecule has 0 fully saturated rings. The number of nitrogens with zero attached hydrogens (tertiary/aromatic N) is 4.